The molecule has 1 unspecified atom stereocenters. The van der Waals surface area contributed by atoms with Crippen LogP contribution in [-0.4, -0.2) is 22.0 Å². The van der Waals surface area contributed by atoms with E-state index in [-0.39, 0.29) is 29.9 Å². The predicted molar refractivity (Wildman–Crippen MR) is 57.1 cm³/mol. The van der Waals surface area contributed by atoms with Crippen molar-refractivity contribution >= 4 is 12.2 Å². The summed E-state index contributed by atoms with van der Waals surface area (Å²) in [5.74, 6) is -0.0184. The van der Waals surface area contributed by atoms with Gasteiger partial charge >= 0.3 is 5.96 Å². The van der Waals surface area contributed by atoms with Crippen LogP contribution < -0.4 is 35.4 Å². The number of halogens is 1. The molecule has 1 heterocycles. The Morgan fingerprint density at radius 1 is 1.31 bits per heavy atom. The van der Waals surface area contributed by atoms with Crippen molar-refractivity contribution < 1.29 is 33.8 Å². The summed E-state index contributed by atoms with van der Waals surface area (Å²) in [7, 11) is 0. The van der Waals surface area contributed by atoms with Crippen LogP contribution in [0.1, 0.15) is 12.0 Å². The lowest BCUT2D eigenvalue weighted by molar-refractivity contribution is -0.665. The highest BCUT2D eigenvalue weighted by atomic mass is 127. The van der Waals surface area contributed by atoms with Crippen LogP contribution in [0.3, 0.4) is 0 Å². The summed E-state index contributed by atoms with van der Waals surface area (Å²) in [6.45, 7) is 0. The van der Waals surface area contributed by atoms with Crippen molar-refractivity contribution in [1.29, 1.82) is 0 Å². The van der Waals surface area contributed by atoms with E-state index in [9.17, 15) is 5.11 Å². The summed E-state index contributed by atoms with van der Waals surface area (Å²) < 4.78 is 1.22. The second-order valence-corrected chi connectivity index (χ2v) is 3.42. The molecule has 5 N–H and O–H groups in total. The van der Waals surface area contributed by atoms with Crippen LogP contribution in [0.2, 0.25) is 0 Å². The number of benzene rings is 1. The zero-order chi connectivity index (χ0) is 10.9. The number of rotatable bonds is 1. The predicted octanol–water partition coefficient (Wildman–Crippen LogP) is -3.49. The van der Waals surface area contributed by atoms with Gasteiger partial charge in [-0.05, 0) is 0 Å². The minimum atomic E-state index is -1.25. The molecule has 0 saturated carbocycles. The highest BCUT2D eigenvalue weighted by molar-refractivity contribution is 5.72. The van der Waals surface area contributed by atoms with Gasteiger partial charge in [-0.2, -0.15) is 0 Å². The third-order valence-corrected chi connectivity index (χ3v) is 2.40. The standard InChI is InChI=1S/C10H12N4O.HI/c11-9(12)14-10(15,6-7-13-14)8-4-2-1-3-5-8;/h1-5,7,15H,6H2,(H3,11,12);1H. The van der Waals surface area contributed by atoms with Gasteiger partial charge in [-0.15, -0.1) is 9.79 Å². The van der Waals surface area contributed by atoms with Gasteiger partial charge < -0.3 is 29.1 Å². The first-order chi connectivity index (χ1) is 7.14. The molecule has 0 bridgehead atoms. The minimum absolute atomic E-state index is 0. The van der Waals surface area contributed by atoms with E-state index in [4.69, 9.17) is 11.5 Å². The largest absolute Gasteiger partial charge is 1.00 e. The van der Waals surface area contributed by atoms with Crippen molar-refractivity contribution in [2.45, 2.75) is 12.1 Å². The Hall–Kier alpha value is -1.15. The molecule has 1 aromatic carbocycles. The maximum Gasteiger partial charge on any atom is 0.368 e. The Morgan fingerprint density at radius 2 is 1.94 bits per heavy atom. The molecule has 1 aromatic rings. The molecular weight excluding hydrogens is 319 g/mol. The van der Waals surface area contributed by atoms with E-state index >= 15 is 0 Å². The molecule has 0 spiro atoms. The number of hydrogen-bond acceptors (Lipinski definition) is 2. The van der Waals surface area contributed by atoms with Gasteiger partial charge in [0, 0.05) is 11.8 Å². The van der Waals surface area contributed by atoms with Gasteiger partial charge in [-0.1, -0.05) is 30.3 Å². The van der Waals surface area contributed by atoms with E-state index in [0.717, 1.165) is 5.56 Å². The molecule has 86 valence electrons. The lowest BCUT2D eigenvalue weighted by Gasteiger charge is -2.21. The molecule has 0 amide bonds. The quantitative estimate of drug-likeness (QED) is 0.283. The Morgan fingerprint density at radius 3 is 2.50 bits per heavy atom. The zero-order valence-electron chi connectivity index (χ0n) is 8.55. The molecule has 0 aromatic heterocycles. The number of nitrogens with zero attached hydrogens (tertiary/aromatic N) is 2. The van der Waals surface area contributed by atoms with Crippen molar-refractivity contribution in [2.24, 2.45) is 16.6 Å². The summed E-state index contributed by atoms with van der Waals surface area (Å²) in [5.41, 5.74) is 10.4. The molecule has 1 aliphatic heterocycles. The summed E-state index contributed by atoms with van der Waals surface area (Å²) in [6.07, 6.45) is 1.96. The fourth-order valence-corrected chi connectivity index (χ4v) is 1.66. The third kappa shape index (κ3) is 2.03. The average molecular weight is 332 g/mol. The van der Waals surface area contributed by atoms with Gasteiger partial charge in [-0.3, -0.25) is 11.5 Å². The van der Waals surface area contributed by atoms with Gasteiger partial charge in [0.25, 0.3) is 0 Å². The van der Waals surface area contributed by atoms with Crippen molar-refractivity contribution in [1.82, 2.24) is 0 Å². The van der Waals surface area contributed by atoms with Crippen molar-refractivity contribution in [3.63, 3.8) is 0 Å². The topological polar surface area (TPSA) is 87.6 Å². The average Bonchev–Trinajstić information content (AvgIpc) is 2.63. The smallest absolute Gasteiger partial charge is 0.368 e. The number of hydrazone groups is 1. The Bertz CT molecular complexity index is 428. The van der Waals surface area contributed by atoms with E-state index in [1.165, 1.54) is 4.68 Å². The summed E-state index contributed by atoms with van der Waals surface area (Å²) in [4.78, 5) is 0. The van der Waals surface area contributed by atoms with E-state index in [1.807, 2.05) is 30.3 Å². The maximum atomic E-state index is 10.4. The Kier molecular flexibility index (Phi) is 3.87. The molecule has 6 heteroatoms. The number of guanidine groups is 1. The first-order valence-electron chi connectivity index (χ1n) is 4.63. The van der Waals surface area contributed by atoms with E-state index in [2.05, 4.69) is 5.10 Å². The van der Waals surface area contributed by atoms with Crippen molar-refractivity contribution in [3.8, 4) is 0 Å². The number of hydrogen-bond donors (Lipinski definition) is 3. The normalized spacial score (nSPS) is 22.9. The van der Waals surface area contributed by atoms with Crippen LogP contribution in [0.5, 0.6) is 0 Å². The first kappa shape index (κ1) is 12.9. The SMILES string of the molecule is NC(N)=[N+]1N=CCC1(O)c1ccccc1.[I-]. The first-order valence-corrected chi connectivity index (χ1v) is 4.63. The van der Waals surface area contributed by atoms with E-state index in [0.29, 0.717) is 6.42 Å². The van der Waals surface area contributed by atoms with Crippen LogP contribution in [0.15, 0.2) is 35.4 Å². The zero-order valence-corrected chi connectivity index (χ0v) is 10.7. The van der Waals surface area contributed by atoms with Crippen LogP contribution in [0.25, 0.3) is 0 Å². The Labute approximate surface area is 110 Å². The number of aliphatic hydroxyl groups is 1. The van der Waals surface area contributed by atoms with Gasteiger partial charge in [0.2, 0.25) is 5.72 Å². The van der Waals surface area contributed by atoms with Gasteiger partial charge in [0.1, 0.15) is 0 Å². The van der Waals surface area contributed by atoms with E-state index in [1.54, 1.807) is 6.21 Å². The van der Waals surface area contributed by atoms with E-state index < -0.39 is 5.72 Å². The summed E-state index contributed by atoms with van der Waals surface area (Å²) in [5, 5.41) is 14.3. The molecular formula is C10H13IN4O. The minimum Gasteiger partial charge on any atom is -1.00 e. The van der Waals surface area contributed by atoms with Gasteiger partial charge in [-0.25, -0.2) is 0 Å². The third-order valence-electron chi connectivity index (χ3n) is 2.40. The fourth-order valence-electron chi connectivity index (χ4n) is 1.66. The molecule has 1 atom stereocenters. The van der Waals surface area contributed by atoms with Crippen LogP contribution in [-0.2, 0) is 5.72 Å². The van der Waals surface area contributed by atoms with Gasteiger partial charge in [0.05, 0.1) is 6.42 Å². The summed E-state index contributed by atoms with van der Waals surface area (Å²) in [6, 6.07) is 9.19. The second-order valence-electron chi connectivity index (χ2n) is 3.42. The van der Waals surface area contributed by atoms with Crippen LogP contribution >= 0.6 is 0 Å². The molecule has 5 nitrogen and oxygen atoms in total. The maximum absolute atomic E-state index is 10.4. The van der Waals surface area contributed by atoms with Crippen LogP contribution in [0.4, 0.5) is 0 Å². The van der Waals surface area contributed by atoms with Crippen molar-refractivity contribution in [3.05, 3.63) is 35.9 Å². The molecule has 0 fully saturated rings. The second kappa shape index (κ2) is 4.79. The lowest BCUT2D eigenvalue weighted by Crippen LogP contribution is -3.00. The Balaban J connectivity index is 0.00000128. The summed E-state index contributed by atoms with van der Waals surface area (Å²) >= 11 is 0. The molecule has 0 radical (unpaired) electrons. The highest BCUT2D eigenvalue weighted by Gasteiger charge is 2.40. The highest BCUT2D eigenvalue weighted by Crippen LogP contribution is 2.28. The monoisotopic (exact) mass is 332 g/mol. The lowest BCUT2D eigenvalue weighted by atomic mass is 10.0. The van der Waals surface area contributed by atoms with Gasteiger partial charge in [0.15, 0.2) is 0 Å². The molecule has 0 saturated heterocycles. The molecule has 1 aliphatic rings. The fraction of sp³-hybridized carbons (Fsp3) is 0.200. The van der Waals surface area contributed by atoms with Crippen molar-refractivity contribution in [2.75, 3.05) is 0 Å². The molecule has 16 heavy (non-hydrogen) atoms. The van der Waals surface area contributed by atoms with Crippen LogP contribution in [0, 0.1) is 0 Å². The molecule has 2 rings (SSSR count). The molecule has 0 aliphatic carbocycles. The number of nitrogens with two attached hydrogens (primary N) is 2.